The smallest absolute Gasteiger partial charge is 0.139 e. The molecule has 0 radical (unpaired) electrons. The largest absolute Gasteiger partial charge is 0.464 e. The van der Waals surface area contributed by atoms with Gasteiger partial charge in [-0.15, -0.1) is 0 Å². The SMILES string of the molecule is CCOC1CC(Nc2nccc3occc23)C1. The zero-order valence-corrected chi connectivity index (χ0v) is 9.85. The molecule has 0 spiro atoms. The number of rotatable bonds is 4. The van der Waals surface area contributed by atoms with Crippen LogP contribution in [0.5, 0.6) is 0 Å². The molecule has 1 fully saturated rings. The number of ether oxygens (including phenoxy) is 1. The van der Waals surface area contributed by atoms with Crippen molar-refractivity contribution in [1.82, 2.24) is 4.98 Å². The molecule has 0 unspecified atom stereocenters. The van der Waals surface area contributed by atoms with Gasteiger partial charge in [-0.25, -0.2) is 4.98 Å². The van der Waals surface area contributed by atoms with Gasteiger partial charge in [0.25, 0.3) is 0 Å². The number of anilines is 1. The van der Waals surface area contributed by atoms with E-state index in [-0.39, 0.29) is 0 Å². The fraction of sp³-hybridized carbons (Fsp3) is 0.462. The second-order valence-corrected chi connectivity index (χ2v) is 4.38. The van der Waals surface area contributed by atoms with E-state index in [1.54, 1.807) is 12.5 Å². The third-order valence-corrected chi connectivity index (χ3v) is 3.22. The molecule has 2 aromatic rings. The van der Waals surface area contributed by atoms with Crippen molar-refractivity contribution in [2.45, 2.75) is 31.9 Å². The summed E-state index contributed by atoms with van der Waals surface area (Å²) in [6, 6.07) is 4.30. The molecule has 1 N–H and O–H groups in total. The number of furan rings is 1. The maximum absolute atomic E-state index is 5.54. The van der Waals surface area contributed by atoms with E-state index >= 15 is 0 Å². The number of aromatic nitrogens is 1. The van der Waals surface area contributed by atoms with Gasteiger partial charge in [0.15, 0.2) is 0 Å². The van der Waals surface area contributed by atoms with Crippen LogP contribution in [-0.2, 0) is 4.74 Å². The Balaban J connectivity index is 1.68. The molecule has 0 saturated heterocycles. The molecule has 1 aliphatic carbocycles. The number of pyridine rings is 1. The second kappa shape index (κ2) is 4.37. The molecule has 2 aromatic heterocycles. The maximum Gasteiger partial charge on any atom is 0.139 e. The lowest BCUT2D eigenvalue weighted by Crippen LogP contribution is -2.41. The van der Waals surface area contributed by atoms with E-state index in [1.165, 1.54) is 0 Å². The maximum atomic E-state index is 5.54. The summed E-state index contributed by atoms with van der Waals surface area (Å²) in [6.07, 6.45) is 6.00. The summed E-state index contributed by atoms with van der Waals surface area (Å²) < 4.78 is 10.9. The Kier molecular flexibility index (Phi) is 2.73. The molecule has 0 amide bonds. The first-order valence-electron chi connectivity index (χ1n) is 6.07. The van der Waals surface area contributed by atoms with Gasteiger partial charge in [0.1, 0.15) is 11.4 Å². The Morgan fingerprint density at radius 1 is 1.47 bits per heavy atom. The lowest BCUT2D eigenvalue weighted by Gasteiger charge is -2.35. The first kappa shape index (κ1) is 10.6. The molecule has 17 heavy (non-hydrogen) atoms. The average Bonchev–Trinajstić information content (AvgIpc) is 2.75. The van der Waals surface area contributed by atoms with Crippen molar-refractivity contribution in [3.63, 3.8) is 0 Å². The summed E-state index contributed by atoms with van der Waals surface area (Å²) in [5, 5.41) is 4.49. The first-order valence-corrected chi connectivity index (χ1v) is 6.07. The van der Waals surface area contributed by atoms with E-state index in [1.807, 2.05) is 19.1 Å². The average molecular weight is 232 g/mol. The topological polar surface area (TPSA) is 47.3 Å². The van der Waals surface area contributed by atoms with Crippen LogP contribution in [0.3, 0.4) is 0 Å². The van der Waals surface area contributed by atoms with Crippen LogP contribution in [0.15, 0.2) is 29.0 Å². The van der Waals surface area contributed by atoms with Crippen molar-refractivity contribution in [1.29, 1.82) is 0 Å². The van der Waals surface area contributed by atoms with Crippen molar-refractivity contribution in [3.8, 4) is 0 Å². The van der Waals surface area contributed by atoms with E-state index in [0.29, 0.717) is 12.1 Å². The van der Waals surface area contributed by atoms with Gasteiger partial charge in [0.05, 0.1) is 17.8 Å². The molecule has 0 bridgehead atoms. The van der Waals surface area contributed by atoms with Crippen molar-refractivity contribution < 1.29 is 9.15 Å². The van der Waals surface area contributed by atoms with Crippen LogP contribution in [-0.4, -0.2) is 23.7 Å². The van der Waals surface area contributed by atoms with E-state index in [0.717, 1.165) is 36.2 Å². The van der Waals surface area contributed by atoms with E-state index < -0.39 is 0 Å². The number of nitrogens with one attached hydrogen (secondary N) is 1. The van der Waals surface area contributed by atoms with Crippen LogP contribution in [0.25, 0.3) is 11.0 Å². The Morgan fingerprint density at radius 2 is 2.35 bits per heavy atom. The predicted molar refractivity (Wildman–Crippen MR) is 66.1 cm³/mol. The highest BCUT2D eigenvalue weighted by atomic mass is 16.5. The number of fused-ring (bicyclic) bond motifs is 1. The quantitative estimate of drug-likeness (QED) is 0.880. The van der Waals surface area contributed by atoms with Gasteiger partial charge in [-0.3, -0.25) is 0 Å². The van der Waals surface area contributed by atoms with Crippen molar-refractivity contribution >= 4 is 16.8 Å². The summed E-state index contributed by atoms with van der Waals surface area (Å²) in [6.45, 7) is 2.83. The molecule has 0 atom stereocenters. The van der Waals surface area contributed by atoms with Crippen molar-refractivity contribution in [2.24, 2.45) is 0 Å². The molecule has 3 rings (SSSR count). The van der Waals surface area contributed by atoms with Crippen molar-refractivity contribution in [3.05, 3.63) is 24.6 Å². The number of hydrogen-bond acceptors (Lipinski definition) is 4. The lowest BCUT2D eigenvalue weighted by molar-refractivity contribution is 0.00295. The Bertz CT molecular complexity index is 503. The second-order valence-electron chi connectivity index (χ2n) is 4.38. The normalized spacial score (nSPS) is 23.6. The molecule has 0 aromatic carbocycles. The molecule has 1 saturated carbocycles. The number of hydrogen-bond donors (Lipinski definition) is 1. The minimum atomic E-state index is 0.418. The molecule has 4 heteroatoms. The fourth-order valence-electron chi connectivity index (χ4n) is 2.26. The first-order chi connectivity index (χ1) is 8.36. The summed E-state index contributed by atoms with van der Waals surface area (Å²) in [7, 11) is 0. The molecule has 1 aliphatic rings. The lowest BCUT2D eigenvalue weighted by atomic mass is 9.89. The third-order valence-electron chi connectivity index (χ3n) is 3.22. The summed E-state index contributed by atoms with van der Waals surface area (Å²) in [5.74, 6) is 0.913. The van der Waals surface area contributed by atoms with Gasteiger partial charge < -0.3 is 14.5 Å². The molecule has 2 heterocycles. The zero-order valence-electron chi connectivity index (χ0n) is 9.85. The monoisotopic (exact) mass is 232 g/mol. The molecule has 90 valence electrons. The Morgan fingerprint density at radius 3 is 3.18 bits per heavy atom. The van der Waals surface area contributed by atoms with Gasteiger partial charge >= 0.3 is 0 Å². The number of nitrogens with zero attached hydrogens (tertiary/aromatic N) is 1. The standard InChI is InChI=1S/C13H16N2O2/c1-2-16-10-7-9(8-10)15-13-11-4-6-17-12(11)3-5-14-13/h3-6,9-10H,2,7-8H2,1H3,(H,14,15). The van der Waals surface area contributed by atoms with Gasteiger partial charge in [0, 0.05) is 18.8 Å². The van der Waals surface area contributed by atoms with Gasteiger partial charge in [0.2, 0.25) is 0 Å². The highest BCUT2D eigenvalue weighted by Crippen LogP contribution is 2.29. The summed E-state index contributed by atoms with van der Waals surface area (Å²) in [5.41, 5.74) is 0.878. The molecule has 0 aliphatic heterocycles. The minimum Gasteiger partial charge on any atom is -0.464 e. The van der Waals surface area contributed by atoms with Crippen LogP contribution in [0.1, 0.15) is 19.8 Å². The minimum absolute atomic E-state index is 0.418. The van der Waals surface area contributed by atoms with Crippen LogP contribution in [0.2, 0.25) is 0 Å². The van der Waals surface area contributed by atoms with E-state index in [4.69, 9.17) is 9.15 Å². The van der Waals surface area contributed by atoms with Crippen LogP contribution < -0.4 is 5.32 Å². The fourth-order valence-corrected chi connectivity index (χ4v) is 2.26. The third kappa shape index (κ3) is 2.00. The molecular weight excluding hydrogens is 216 g/mol. The summed E-state index contributed by atoms with van der Waals surface area (Å²) in [4.78, 5) is 4.36. The molecular formula is C13H16N2O2. The Hall–Kier alpha value is -1.55. The highest BCUT2D eigenvalue weighted by molar-refractivity contribution is 5.87. The predicted octanol–water partition coefficient (Wildman–Crippen LogP) is 2.81. The Labute approximate surface area is 100.0 Å². The van der Waals surface area contributed by atoms with Gasteiger partial charge in [-0.05, 0) is 31.9 Å². The summed E-state index contributed by atoms with van der Waals surface area (Å²) >= 11 is 0. The van der Waals surface area contributed by atoms with E-state index in [2.05, 4.69) is 10.3 Å². The van der Waals surface area contributed by atoms with Crippen LogP contribution in [0, 0.1) is 0 Å². The van der Waals surface area contributed by atoms with Gasteiger partial charge in [-0.2, -0.15) is 0 Å². The van der Waals surface area contributed by atoms with Crippen LogP contribution >= 0.6 is 0 Å². The highest BCUT2D eigenvalue weighted by Gasteiger charge is 2.29. The molecule has 4 nitrogen and oxygen atoms in total. The van der Waals surface area contributed by atoms with Crippen molar-refractivity contribution in [2.75, 3.05) is 11.9 Å². The van der Waals surface area contributed by atoms with Gasteiger partial charge in [-0.1, -0.05) is 0 Å². The van der Waals surface area contributed by atoms with Crippen LogP contribution in [0.4, 0.5) is 5.82 Å². The van der Waals surface area contributed by atoms with E-state index in [9.17, 15) is 0 Å². The zero-order chi connectivity index (χ0) is 11.7.